The van der Waals surface area contributed by atoms with Crippen molar-refractivity contribution in [2.45, 2.75) is 157 Å². The first-order valence-corrected chi connectivity index (χ1v) is 39.4. The molecule has 7 aliphatic rings. The quantitative estimate of drug-likeness (QED) is 0.0600. The number of benzene rings is 13. The minimum Gasteiger partial charge on any atom is -0.393 e. The number of amides is 4. The van der Waals surface area contributed by atoms with Crippen molar-refractivity contribution in [3.05, 3.63) is 270 Å². The third kappa shape index (κ3) is 9.23. The molecule has 0 aromatic heterocycles. The molecule has 0 radical (unpaired) electrons. The smallest absolute Gasteiger partial charge is 0.266 e. The zero-order valence-electron chi connectivity index (χ0n) is 63.4. The zero-order chi connectivity index (χ0) is 74.4. The first-order valence-electron chi connectivity index (χ1n) is 39.4. The molecule has 0 fully saturated rings. The largest absolute Gasteiger partial charge is 0.393 e. The minimum absolute atomic E-state index is 0.0203. The number of aliphatic hydroxyl groups excluding tert-OH is 2. The minimum atomic E-state index is -0.477. The number of allylic oxidation sites excluding steroid dienone is 8. The molecule has 5 aliphatic carbocycles. The molecule has 8 nitrogen and oxygen atoms in total. The van der Waals surface area contributed by atoms with Gasteiger partial charge in [-0.1, -0.05) is 191 Å². The Balaban J connectivity index is 0.602. The number of hydrogen-bond acceptors (Lipinski definition) is 6. The van der Waals surface area contributed by atoms with Crippen molar-refractivity contribution < 1.29 is 29.4 Å². The Labute approximate surface area is 629 Å². The lowest BCUT2D eigenvalue weighted by Crippen LogP contribution is -2.42. The number of hydrogen-bond donors (Lipinski definition) is 2. The van der Waals surface area contributed by atoms with Crippen LogP contribution in [0.5, 0.6) is 0 Å². The lowest BCUT2D eigenvalue weighted by Gasteiger charge is -2.41. The van der Waals surface area contributed by atoms with Crippen LogP contribution in [0.4, 0.5) is 11.4 Å². The highest BCUT2D eigenvalue weighted by Crippen LogP contribution is 2.64. The predicted molar refractivity (Wildman–Crippen MR) is 445 cm³/mol. The predicted octanol–water partition coefficient (Wildman–Crippen LogP) is 23.5. The van der Waals surface area contributed by atoms with Gasteiger partial charge < -0.3 is 10.2 Å². The molecule has 2 aliphatic heterocycles. The summed E-state index contributed by atoms with van der Waals surface area (Å²) in [6.45, 7) is 25.4. The van der Waals surface area contributed by atoms with Gasteiger partial charge >= 0.3 is 0 Å². The Hall–Kier alpha value is -10.9. The second kappa shape index (κ2) is 23.8. The van der Waals surface area contributed by atoms with Crippen molar-refractivity contribution in [3.63, 3.8) is 0 Å². The van der Waals surface area contributed by atoms with Crippen molar-refractivity contribution in [1.82, 2.24) is 0 Å². The highest BCUT2D eigenvalue weighted by molar-refractivity contribution is 6.44. The van der Waals surface area contributed by atoms with Gasteiger partial charge in [-0.3, -0.25) is 19.2 Å². The van der Waals surface area contributed by atoms with Gasteiger partial charge in [0.2, 0.25) is 0 Å². The molecule has 8 heteroatoms. The molecule has 4 unspecified atom stereocenters. The molecule has 4 amide bonds. The van der Waals surface area contributed by atoms with Crippen LogP contribution in [-0.4, -0.2) is 46.0 Å². The van der Waals surface area contributed by atoms with Crippen LogP contribution in [0.3, 0.4) is 0 Å². The van der Waals surface area contributed by atoms with E-state index in [1.165, 1.54) is 120 Å². The zero-order valence-corrected chi connectivity index (χ0v) is 63.4. The van der Waals surface area contributed by atoms with Gasteiger partial charge in [-0.05, 0) is 312 Å². The summed E-state index contributed by atoms with van der Waals surface area (Å²) in [6.07, 6.45) is 12.5. The highest BCUT2D eigenvalue weighted by Gasteiger charge is 2.49. The molecule has 2 N–H and O–H groups in total. The van der Waals surface area contributed by atoms with Gasteiger partial charge in [0, 0.05) is 44.9 Å². The van der Waals surface area contributed by atoms with E-state index in [0.29, 0.717) is 59.3 Å². The van der Waals surface area contributed by atoms with Crippen LogP contribution in [0.15, 0.2) is 170 Å². The standard InChI is InChI=1S/C100H86N2O6/c1-13-61(103)35-53-37-79(47(3)4)95(80(38-53)48(5)6)101-97(105)75-29-25-67-63-17-21-71-83-43-57-33-51(11)55(41-59(57)45-85(83)73-23-19-65(87(63)91(71)73)69-27-31-77(99(101)107)93(75)89(67)69)15-16-56-42-60-46-86-74-24-20-66-70-28-32-78-94-76(30-26-68(90(70)94)64-18-22-72(92(74)88(64)66)84(86)44-58(60)34-52(56)12)98(106)102(100(78)108)96-81(49(7)8)39-54(36-62(104)14-2)40-82(96)50(9)10/h17-34,37-50,61-62,87,91,103-104H,13-16,35-36H2,1-12H3. The van der Waals surface area contributed by atoms with Crippen LogP contribution < -0.4 is 9.80 Å². The average Bonchev–Trinajstić information content (AvgIpc) is 1.30. The lowest BCUT2D eigenvalue weighted by atomic mass is 9.62. The van der Waals surface area contributed by atoms with Crippen LogP contribution in [0, 0.1) is 25.7 Å². The molecule has 0 saturated heterocycles. The van der Waals surface area contributed by atoms with E-state index in [1.807, 2.05) is 38.1 Å². The number of carbonyl (C=O) groups excluding carboxylic acids is 4. The van der Waals surface area contributed by atoms with Gasteiger partial charge in [-0.15, -0.1) is 0 Å². The number of rotatable bonds is 15. The molecule has 2 heterocycles. The van der Waals surface area contributed by atoms with Gasteiger partial charge in [0.05, 0.1) is 23.6 Å². The molecule has 4 atom stereocenters. The Morgan fingerprint density at radius 3 is 0.944 bits per heavy atom. The van der Waals surface area contributed by atoms with E-state index >= 15 is 19.2 Å². The van der Waals surface area contributed by atoms with Crippen molar-refractivity contribution >= 4 is 133 Å². The SMILES string of the molecule is CCC(O)Cc1cc(C(C)C)c(N2C(=O)c3ccc4c5c(ccc(c35)C2=O)C2=CC=C3c5cc6cc(CCc7cc8cc9c(cc8cc7C)-c7ccc8c%10ccc%11c%12c(ccc(c%13ccc-9c7c8%13)c%12%10)C(=O)N(c7c(C(C)C)cc(CC(O)CC)cc7C(C)C)C%11=O)c(C)cc6cc5C5=CC=C4C2C53)c(C(C)C)c1. The fraction of sp³-hybridized carbons (Fsp3) is 0.260. The Morgan fingerprint density at radius 1 is 0.324 bits per heavy atom. The van der Waals surface area contributed by atoms with E-state index in [2.05, 4.69) is 215 Å². The molecular weight excluding hydrogens is 1330 g/mol. The topological polar surface area (TPSA) is 115 Å². The molecule has 108 heavy (non-hydrogen) atoms. The van der Waals surface area contributed by atoms with Gasteiger partial charge in [0.25, 0.3) is 23.6 Å². The third-order valence-electron chi connectivity index (χ3n) is 26.0. The fourth-order valence-electron chi connectivity index (χ4n) is 20.5. The van der Waals surface area contributed by atoms with Crippen LogP contribution in [-0.2, 0) is 25.7 Å². The molecule has 13 aromatic carbocycles. The van der Waals surface area contributed by atoms with Gasteiger partial charge in [0.15, 0.2) is 0 Å². The van der Waals surface area contributed by atoms with Crippen molar-refractivity contribution in [2.75, 3.05) is 9.80 Å². The normalized spacial score (nSPS) is 17.2. The Kier molecular flexibility index (Phi) is 14.7. The van der Waals surface area contributed by atoms with E-state index in [4.69, 9.17) is 0 Å². The summed E-state index contributed by atoms with van der Waals surface area (Å²) in [5.74, 6) is -0.895. The number of aryl methyl sites for hydroxylation is 4. The van der Waals surface area contributed by atoms with Gasteiger partial charge in [0.1, 0.15) is 0 Å². The van der Waals surface area contributed by atoms with E-state index in [1.54, 1.807) is 0 Å². The molecule has 0 bridgehead atoms. The van der Waals surface area contributed by atoms with E-state index in [9.17, 15) is 10.2 Å². The summed E-state index contributed by atoms with van der Waals surface area (Å²) in [5.41, 5.74) is 29.4. The second-order valence-electron chi connectivity index (χ2n) is 33.5. The maximum atomic E-state index is 15.3. The van der Waals surface area contributed by atoms with E-state index in [0.717, 1.165) is 100 Å². The van der Waals surface area contributed by atoms with Crippen LogP contribution >= 0.6 is 0 Å². The third-order valence-corrected chi connectivity index (χ3v) is 26.0. The summed E-state index contributed by atoms with van der Waals surface area (Å²) in [6, 6.07) is 53.3. The number of carbonyl (C=O) groups is 4. The maximum Gasteiger partial charge on any atom is 0.266 e. The molecule has 20 rings (SSSR count). The Morgan fingerprint density at radius 2 is 0.602 bits per heavy atom. The van der Waals surface area contributed by atoms with Gasteiger partial charge in [-0.2, -0.15) is 0 Å². The van der Waals surface area contributed by atoms with E-state index < -0.39 is 12.2 Å². The van der Waals surface area contributed by atoms with Crippen LogP contribution in [0.1, 0.15) is 225 Å². The van der Waals surface area contributed by atoms with Crippen molar-refractivity contribution in [3.8, 4) is 22.3 Å². The van der Waals surface area contributed by atoms with Gasteiger partial charge in [-0.25, -0.2) is 9.80 Å². The summed E-state index contributed by atoms with van der Waals surface area (Å²) in [4.78, 5) is 64.0. The number of aliphatic hydroxyl groups is 2. The van der Waals surface area contributed by atoms with Crippen molar-refractivity contribution in [2.24, 2.45) is 11.8 Å². The van der Waals surface area contributed by atoms with Crippen LogP contribution in [0.25, 0.3) is 120 Å². The molecule has 0 spiro atoms. The molecular formula is C100H86N2O6. The first kappa shape index (κ1) is 66.5. The number of imide groups is 2. The number of anilines is 2. The molecule has 0 saturated carbocycles. The molecule has 532 valence electrons. The fourth-order valence-corrected chi connectivity index (χ4v) is 20.5. The van der Waals surface area contributed by atoms with Crippen LogP contribution in [0.2, 0.25) is 0 Å². The maximum absolute atomic E-state index is 15.3. The van der Waals surface area contributed by atoms with Crippen molar-refractivity contribution in [1.29, 1.82) is 0 Å². The summed E-state index contributed by atoms with van der Waals surface area (Å²) < 4.78 is 0. The number of fused-ring (bicyclic) bond motifs is 12. The monoisotopic (exact) mass is 1410 g/mol. The first-order chi connectivity index (χ1) is 52.1. The summed E-state index contributed by atoms with van der Waals surface area (Å²) >= 11 is 0. The summed E-state index contributed by atoms with van der Waals surface area (Å²) in [7, 11) is 0. The number of nitrogens with zero attached hydrogens (tertiary/aromatic N) is 2. The lowest BCUT2D eigenvalue weighted by molar-refractivity contribution is 0.0877. The highest BCUT2D eigenvalue weighted by atomic mass is 16.3. The average molecular weight is 1410 g/mol. The second-order valence-corrected chi connectivity index (χ2v) is 33.5. The Bertz CT molecular complexity index is 6370. The summed E-state index contributed by atoms with van der Waals surface area (Å²) in [5, 5.41) is 36.6. The van der Waals surface area contributed by atoms with E-state index in [-0.39, 0.29) is 59.1 Å². The molecule has 13 aromatic rings.